The van der Waals surface area contributed by atoms with Gasteiger partial charge in [0.2, 0.25) is 12.7 Å². The third-order valence-corrected chi connectivity index (χ3v) is 6.77. The van der Waals surface area contributed by atoms with Crippen LogP contribution in [0.2, 0.25) is 0 Å². The number of rotatable bonds is 5. The Morgan fingerprint density at radius 1 is 1.09 bits per heavy atom. The second-order valence-corrected chi connectivity index (χ2v) is 8.90. The van der Waals surface area contributed by atoms with Crippen LogP contribution in [0.1, 0.15) is 31.2 Å². The molecule has 1 amide bonds. The zero-order valence-electron chi connectivity index (χ0n) is 17.6. The highest BCUT2D eigenvalue weighted by Gasteiger charge is 2.27. The fraction of sp³-hybridized carbons (Fsp3) is 0.375. The van der Waals surface area contributed by atoms with Crippen LogP contribution >= 0.6 is 12.2 Å². The van der Waals surface area contributed by atoms with Crippen molar-refractivity contribution in [1.82, 2.24) is 14.9 Å². The summed E-state index contributed by atoms with van der Waals surface area (Å²) in [6.07, 6.45) is 3.43. The fourth-order valence-corrected chi connectivity index (χ4v) is 4.88. The average molecular weight is 452 g/mol. The molecule has 5 rings (SSSR count). The Morgan fingerprint density at radius 3 is 2.72 bits per heavy atom. The number of ether oxygens (including phenoxy) is 2. The fourth-order valence-electron chi connectivity index (χ4n) is 4.61. The first-order valence-corrected chi connectivity index (χ1v) is 11.4. The monoisotopic (exact) mass is 451 g/mol. The van der Waals surface area contributed by atoms with Crippen LogP contribution in [0.3, 0.4) is 0 Å². The van der Waals surface area contributed by atoms with Gasteiger partial charge in [-0.05, 0) is 73.6 Å². The van der Waals surface area contributed by atoms with Crippen molar-refractivity contribution in [3.63, 3.8) is 0 Å². The maximum atomic E-state index is 12.9. The van der Waals surface area contributed by atoms with Crippen molar-refractivity contribution in [1.29, 1.82) is 0 Å². The molecule has 32 heavy (non-hydrogen) atoms. The largest absolute Gasteiger partial charge is 0.454 e. The first-order valence-electron chi connectivity index (χ1n) is 11.0. The number of hydrogen-bond acceptors (Lipinski definition) is 5. The van der Waals surface area contributed by atoms with E-state index in [4.69, 9.17) is 21.7 Å². The van der Waals surface area contributed by atoms with Crippen molar-refractivity contribution >= 4 is 29.0 Å². The topological polar surface area (TPSA) is 85.3 Å². The minimum Gasteiger partial charge on any atom is -0.454 e. The van der Waals surface area contributed by atoms with Gasteiger partial charge in [-0.1, -0.05) is 18.2 Å². The van der Waals surface area contributed by atoms with E-state index in [0.717, 1.165) is 48.3 Å². The van der Waals surface area contributed by atoms with Crippen LogP contribution in [0.4, 0.5) is 0 Å². The molecule has 2 aliphatic rings. The molecule has 7 nitrogen and oxygen atoms in total. The highest BCUT2D eigenvalue weighted by atomic mass is 32.1. The lowest BCUT2D eigenvalue weighted by Gasteiger charge is -2.28. The maximum Gasteiger partial charge on any atom is 0.262 e. The standard InChI is InChI=1S/C24H25N3O4S/c28-22(25-12-16-7-10-20-21(11-16)31-14-30-20)17-8-5-15(6-9-17)13-27-23(29)18-3-1-2-4-19(18)26-24(27)32/h1-4,7,10-11,15,17H,5-6,8-9,12-14H2,(H,25,28)(H,26,32). The highest BCUT2D eigenvalue weighted by molar-refractivity contribution is 7.71. The molecule has 166 valence electrons. The number of hydrogen-bond donors (Lipinski definition) is 2. The van der Waals surface area contributed by atoms with Crippen molar-refractivity contribution in [2.75, 3.05) is 6.79 Å². The lowest BCUT2D eigenvalue weighted by molar-refractivity contribution is -0.126. The minimum absolute atomic E-state index is 0.00289. The van der Waals surface area contributed by atoms with E-state index in [1.807, 2.05) is 42.5 Å². The first kappa shape index (κ1) is 20.8. The summed E-state index contributed by atoms with van der Waals surface area (Å²) in [5.74, 6) is 1.88. The quantitative estimate of drug-likeness (QED) is 0.575. The summed E-state index contributed by atoms with van der Waals surface area (Å²) in [6, 6.07) is 13.1. The molecular formula is C24H25N3O4S. The summed E-state index contributed by atoms with van der Waals surface area (Å²) >= 11 is 5.44. The van der Waals surface area contributed by atoms with Gasteiger partial charge in [0.1, 0.15) is 0 Å². The van der Waals surface area contributed by atoms with E-state index in [9.17, 15) is 9.59 Å². The van der Waals surface area contributed by atoms with Crippen molar-refractivity contribution in [3.8, 4) is 11.5 Å². The number of nitrogens with zero attached hydrogens (tertiary/aromatic N) is 1. The molecule has 1 aromatic heterocycles. The molecule has 1 fully saturated rings. The molecule has 3 aromatic rings. The summed E-state index contributed by atoms with van der Waals surface area (Å²) in [6.45, 7) is 1.30. The number of aromatic nitrogens is 2. The zero-order valence-corrected chi connectivity index (χ0v) is 18.5. The molecular weight excluding hydrogens is 426 g/mol. The van der Waals surface area contributed by atoms with Crippen LogP contribution in [0.25, 0.3) is 10.9 Å². The lowest BCUT2D eigenvalue weighted by atomic mass is 9.81. The van der Waals surface area contributed by atoms with E-state index in [-0.39, 0.29) is 24.2 Å². The van der Waals surface area contributed by atoms with Gasteiger partial charge in [-0.2, -0.15) is 0 Å². The Bertz CT molecular complexity index is 1270. The summed E-state index contributed by atoms with van der Waals surface area (Å²) < 4.78 is 12.8. The van der Waals surface area contributed by atoms with Crippen molar-refractivity contribution in [3.05, 3.63) is 63.2 Å². The molecule has 2 N–H and O–H groups in total. The van der Waals surface area contributed by atoms with E-state index < -0.39 is 0 Å². The Hall–Kier alpha value is -3.13. The molecule has 0 saturated heterocycles. The van der Waals surface area contributed by atoms with Crippen LogP contribution in [0.5, 0.6) is 11.5 Å². The normalized spacial score (nSPS) is 19.8. The number of fused-ring (bicyclic) bond motifs is 2. The molecule has 1 aliphatic carbocycles. The molecule has 0 spiro atoms. The molecule has 8 heteroatoms. The van der Waals surface area contributed by atoms with Gasteiger partial charge in [0.15, 0.2) is 16.3 Å². The van der Waals surface area contributed by atoms with Gasteiger partial charge in [-0.15, -0.1) is 0 Å². The Labute approximate surface area is 190 Å². The van der Waals surface area contributed by atoms with Crippen molar-refractivity contribution < 1.29 is 14.3 Å². The Balaban J connectivity index is 1.17. The third kappa shape index (κ3) is 4.14. The molecule has 2 heterocycles. The molecule has 0 atom stereocenters. The van der Waals surface area contributed by atoms with Crippen molar-refractivity contribution in [2.45, 2.75) is 38.8 Å². The van der Waals surface area contributed by atoms with Gasteiger partial charge >= 0.3 is 0 Å². The van der Waals surface area contributed by atoms with Crippen LogP contribution < -0.4 is 20.3 Å². The van der Waals surface area contributed by atoms with Gasteiger partial charge < -0.3 is 19.8 Å². The third-order valence-electron chi connectivity index (χ3n) is 6.45. The molecule has 0 unspecified atom stereocenters. The molecule has 1 aliphatic heterocycles. The number of carbonyl (C=O) groups is 1. The zero-order chi connectivity index (χ0) is 22.1. The number of amides is 1. The van der Waals surface area contributed by atoms with E-state index >= 15 is 0 Å². The van der Waals surface area contributed by atoms with E-state index in [2.05, 4.69) is 10.3 Å². The lowest BCUT2D eigenvalue weighted by Crippen LogP contribution is -2.34. The Kier molecular flexibility index (Phi) is 5.70. The summed E-state index contributed by atoms with van der Waals surface area (Å²) in [7, 11) is 0. The number of benzene rings is 2. The molecule has 0 radical (unpaired) electrons. The average Bonchev–Trinajstić information content (AvgIpc) is 3.28. The molecule has 2 aromatic carbocycles. The van der Waals surface area contributed by atoms with Crippen LogP contribution in [-0.4, -0.2) is 22.3 Å². The summed E-state index contributed by atoms with van der Waals surface area (Å²) in [4.78, 5) is 28.7. The highest BCUT2D eigenvalue weighted by Crippen LogP contribution is 2.33. The predicted octanol–water partition coefficient (Wildman–Crippen LogP) is 3.91. The van der Waals surface area contributed by atoms with Gasteiger partial charge in [-0.3, -0.25) is 14.2 Å². The second kappa shape index (κ2) is 8.78. The van der Waals surface area contributed by atoms with Gasteiger partial charge in [0.05, 0.1) is 10.9 Å². The number of carbonyl (C=O) groups excluding carboxylic acids is 1. The first-order chi connectivity index (χ1) is 15.6. The predicted molar refractivity (Wildman–Crippen MR) is 123 cm³/mol. The number of aromatic amines is 1. The van der Waals surface area contributed by atoms with E-state index in [1.165, 1.54) is 0 Å². The van der Waals surface area contributed by atoms with E-state index in [1.54, 1.807) is 4.57 Å². The van der Waals surface area contributed by atoms with Crippen LogP contribution in [-0.2, 0) is 17.9 Å². The van der Waals surface area contributed by atoms with Gasteiger partial charge in [0, 0.05) is 19.0 Å². The van der Waals surface area contributed by atoms with Crippen LogP contribution in [0.15, 0.2) is 47.3 Å². The molecule has 1 saturated carbocycles. The second-order valence-electron chi connectivity index (χ2n) is 8.51. The maximum absolute atomic E-state index is 12.9. The van der Waals surface area contributed by atoms with Crippen LogP contribution in [0, 0.1) is 16.6 Å². The minimum atomic E-state index is -0.0482. The Morgan fingerprint density at radius 2 is 1.88 bits per heavy atom. The van der Waals surface area contributed by atoms with E-state index in [0.29, 0.717) is 29.2 Å². The van der Waals surface area contributed by atoms with Gasteiger partial charge in [-0.25, -0.2) is 0 Å². The van der Waals surface area contributed by atoms with Gasteiger partial charge in [0.25, 0.3) is 5.56 Å². The van der Waals surface area contributed by atoms with Crippen molar-refractivity contribution in [2.24, 2.45) is 11.8 Å². The SMILES string of the molecule is O=C(NCc1ccc2c(c1)OCO2)C1CCC(Cn2c(=S)[nH]c3ccccc3c2=O)CC1. The molecule has 0 bridgehead atoms. The number of H-pyrrole nitrogens is 1. The summed E-state index contributed by atoms with van der Waals surface area (Å²) in [5, 5.41) is 3.70. The smallest absolute Gasteiger partial charge is 0.262 e. The number of nitrogens with one attached hydrogen (secondary N) is 2. The summed E-state index contributed by atoms with van der Waals surface area (Å²) in [5.41, 5.74) is 1.70. The number of para-hydroxylation sites is 1.